The topological polar surface area (TPSA) is 76.1 Å². The van der Waals surface area contributed by atoms with E-state index < -0.39 is 0 Å². The minimum absolute atomic E-state index is 0.100. The molecule has 3 aromatic carbocycles. The number of aromatic nitrogens is 2. The first-order chi connectivity index (χ1) is 17.9. The first kappa shape index (κ1) is 25.6. The molecule has 0 aliphatic heterocycles. The number of nitrogens with one attached hydrogen (secondary N) is 2. The maximum Gasteiger partial charge on any atom is 0.256 e. The van der Waals surface area contributed by atoms with E-state index in [1.807, 2.05) is 106 Å². The predicted octanol–water partition coefficient (Wildman–Crippen LogP) is 7.06. The van der Waals surface area contributed by atoms with Crippen LogP contribution in [0.2, 0.25) is 0 Å². The molecule has 0 aliphatic rings. The van der Waals surface area contributed by atoms with Crippen LogP contribution < -0.4 is 15.4 Å². The second-order valence-corrected chi connectivity index (χ2v) is 9.01. The number of carbonyl (C=O) groups is 1. The number of ether oxygens (including phenoxy) is 1. The van der Waals surface area contributed by atoms with Gasteiger partial charge >= 0.3 is 0 Å². The molecule has 1 aromatic heterocycles. The summed E-state index contributed by atoms with van der Waals surface area (Å²) in [5.41, 5.74) is 5.83. The highest BCUT2D eigenvalue weighted by atomic mass is 16.5. The van der Waals surface area contributed by atoms with E-state index in [1.165, 1.54) is 6.33 Å². The minimum Gasteiger partial charge on any atom is -0.491 e. The molecule has 0 saturated heterocycles. The van der Waals surface area contributed by atoms with Gasteiger partial charge in [0, 0.05) is 28.7 Å². The maximum absolute atomic E-state index is 13.7. The normalized spacial score (nSPS) is 11.3. The van der Waals surface area contributed by atoms with Crippen LogP contribution in [0.15, 0.2) is 85.2 Å². The molecule has 0 unspecified atom stereocenters. The Morgan fingerprint density at radius 3 is 2.41 bits per heavy atom. The van der Waals surface area contributed by atoms with Crippen molar-refractivity contribution < 1.29 is 9.53 Å². The van der Waals surface area contributed by atoms with Crippen molar-refractivity contribution in [3.63, 3.8) is 0 Å². The summed E-state index contributed by atoms with van der Waals surface area (Å²) in [5.74, 6) is 1.32. The highest BCUT2D eigenvalue weighted by Gasteiger charge is 2.15. The van der Waals surface area contributed by atoms with Crippen LogP contribution >= 0.6 is 0 Å². The van der Waals surface area contributed by atoms with Crippen molar-refractivity contribution in [1.29, 1.82) is 0 Å². The van der Waals surface area contributed by atoms with E-state index in [2.05, 4.69) is 27.5 Å². The predicted molar refractivity (Wildman–Crippen MR) is 151 cm³/mol. The number of nitrogens with zero attached hydrogens (tertiary/aromatic N) is 2. The summed E-state index contributed by atoms with van der Waals surface area (Å²) in [6.45, 7) is 7.98. The molecular formula is C31H32N4O2. The third-order valence-electron chi connectivity index (χ3n) is 5.71. The third-order valence-corrected chi connectivity index (χ3v) is 5.71. The van der Waals surface area contributed by atoms with Crippen LogP contribution in [0.3, 0.4) is 0 Å². The molecule has 0 radical (unpaired) electrons. The number of hydrogen-bond donors (Lipinski definition) is 2. The minimum atomic E-state index is -0.182. The molecule has 2 N–H and O–H groups in total. The highest BCUT2D eigenvalue weighted by Crippen LogP contribution is 2.27. The fourth-order valence-electron chi connectivity index (χ4n) is 3.92. The lowest BCUT2D eigenvalue weighted by atomic mass is 10.0. The molecule has 4 aromatic rings. The summed E-state index contributed by atoms with van der Waals surface area (Å²) in [6.07, 6.45) is 4.31. The summed E-state index contributed by atoms with van der Waals surface area (Å²) in [7, 11) is 0. The standard InChI is InChI=1S/C31H32N4O2/c1-5-24-13-14-26(34-30-17-22(4)32-20-33-30)19-29(24)35-31(36)28(25-9-7-6-8-10-25)18-23-11-15-27(16-12-23)37-21(2)3/h6-21H,5H2,1-4H3,(H,35,36)(H,32,33,34)/b28-18+. The van der Waals surface area contributed by atoms with Gasteiger partial charge in [0.1, 0.15) is 17.9 Å². The van der Waals surface area contributed by atoms with Crippen molar-refractivity contribution in [1.82, 2.24) is 9.97 Å². The molecule has 1 amide bonds. The molecule has 1 heterocycles. The lowest BCUT2D eigenvalue weighted by molar-refractivity contribution is -0.111. The first-order valence-corrected chi connectivity index (χ1v) is 12.4. The van der Waals surface area contributed by atoms with Gasteiger partial charge in [0.05, 0.1) is 6.10 Å². The quantitative estimate of drug-likeness (QED) is 0.193. The number of rotatable bonds is 9. The van der Waals surface area contributed by atoms with Crippen molar-refractivity contribution in [2.24, 2.45) is 0 Å². The zero-order chi connectivity index (χ0) is 26.2. The van der Waals surface area contributed by atoms with Crippen LogP contribution in [0.25, 0.3) is 11.6 Å². The van der Waals surface area contributed by atoms with E-state index in [4.69, 9.17) is 4.74 Å². The van der Waals surface area contributed by atoms with Gasteiger partial charge in [-0.3, -0.25) is 4.79 Å². The van der Waals surface area contributed by atoms with E-state index in [0.717, 1.165) is 45.9 Å². The zero-order valence-electron chi connectivity index (χ0n) is 21.7. The Labute approximate surface area is 218 Å². The van der Waals surface area contributed by atoms with Crippen LogP contribution in [0, 0.1) is 6.92 Å². The molecule has 188 valence electrons. The number of aryl methyl sites for hydroxylation is 2. The maximum atomic E-state index is 13.7. The Morgan fingerprint density at radius 2 is 1.73 bits per heavy atom. The number of anilines is 3. The lowest BCUT2D eigenvalue weighted by Gasteiger charge is -2.15. The van der Waals surface area contributed by atoms with Crippen LogP contribution in [0.1, 0.15) is 43.2 Å². The smallest absolute Gasteiger partial charge is 0.256 e. The van der Waals surface area contributed by atoms with Crippen molar-refractivity contribution in [3.05, 3.63) is 108 Å². The molecule has 0 fully saturated rings. The molecule has 0 bridgehead atoms. The monoisotopic (exact) mass is 492 g/mol. The second kappa shape index (κ2) is 12.0. The Morgan fingerprint density at radius 1 is 0.973 bits per heavy atom. The molecule has 0 aliphatic carbocycles. The molecular weight excluding hydrogens is 460 g/mol. The summed E-state index contributed by atoms with van der Waals surface area (Å²) in [6, 6.07) is 25.3. The molecule has 4 rings (SSSR count). The first-order valence-electron chi connectivity index (χ1n) is 12.4. The van der Waals surface area contributed by atoms with Gasteiger partial charge in [-0.15, -0.1) is 0 Å². The van der Waals surface area contributed by atoms with E-state index in [0.29, 0.717) is 11.4 Å². The molecule has 6 heteroatoms. The van der Waals surface area contributed by atoms with E-state index in [-0.39, 0.29) is 12.0 Å². The van der Waals surface area contributed by atoms with Gasteiger partial charge in [0.15, 0.2) is 0 Å². The number of amides is 1. The number of hydrogen-bond acceptors (Lipinski definition) is 5. The van der Waals surface area contributed by atoms with Gasteiger partial charge in [-0.2, -0.15) is 0 Å². The highest BCUT2D eigenvalue weighted by molar-refractivity contribution is 6.29. The van der Waals surface area contributed by atoms with Crippen molar-refractivity contribution in [2.75, 3.05) is 10.6 Å². The number of benzene rings is 3. The number of carbonyl (C=O) groups excluding carboxylic acids is 1. The van der Waals surface area contributed by atoms with Gasteiger partial charge in [0.25, 0.3) is 5.91 Å². The van der Waals surface area contributed by atoms with Crippen LogP contribution in [0.4, 0.5) is 17.2 Å². The van der Waals surface area contributed by atoms with Crippen molar-refractivity contribution in [3.8, 4) is 5.75 Å². The average Bonchev–Trinajstić information content (AvgIpc) is 2.88. The lowest BCUT2D eigenvalue weighted by Crippen LogP contribution is -2.15. The van der Waals surface area contributed by atoms with E-state index >= 15 is 0 Å². The fraction of sp³-hybridized carbons (Fsp3) is 0.194. The third kappa shape index (κ3) is 7.04. The van der Waals surface area contributed by atoms with Crippen LogP contribution in [-0.4, -0.2) is 22.0 Å². The summed E-state index contributed by atoms with van der Waals surface area (Å²) < 4.78 is 5.76. The zero-order valence-corrected chi connectivity index (χ0v) is 21.7. The van der Waals surface area contributed by atoms with Gasteiger partial charge in [0.2, 0.25) is 0 Å². The van der Waals surface area contributed by atoms with Gasteiger partial charge < -0.3 is 15.4 Å². The fourth-order valence-corrected chi connectivity index (χ4v) is 3.92. The Bertz CT molecular complexity index is 1380. The van der Waals surface area contributed by atoms with E-state index in [9.17, 15) is 4.79 Å². The average molecular weight is 493 g/mol. The van der Waals surface area contributed by atoms with Gasteiger partial charge in [-0.05, 0) is 74.2 Å². The molecule has 0 saturated carbocycles. The Hall–Kier alpha value is -4.45. The van der Waals surface area contributed by atoms with Crippen LogP contribution in [0.5, 0.6) is 5.75 Å². The van der Waals surface area contributed by atoms with E-state index in [1.54, 1.807) is 0 Å². The largest absolute Gasteiger partial charge is 0.491 e. The Kier molecular flexibility index (Phi) is 8.31. The molecule has 0 spiro atoms. The van der Waals surface area contributed by atoms with Gasteiger partial charge in [-0.1, -0.05) is 55.5 Å². The van der Waals surface area contributed by atoms with Gasteiger partial charge in [-0.25, -0.2) is 9.97 Å². The molecule has 6 nitrogen and oxygen atoms in total. The Balaban J connectivity index is 1.63. The summed E-state index contributed by atoms with van der Waals surface area (Å²) in [5, 5.41) is 6.45. The van der Waals surface area contributed by atoms with Crippen LogP contribution in [-0.2, 0) is 11.2 Å². The second-order valence-electron chi connectivity index (χ2n) is 9.01. The molecule has 0 atom stereocenters. The van der Waals surface area contributed by atoms with Crippen molar-refractivity contribution >= 4 is 34.7 Å². The summed E-state index contributed by atoms with van der Waals surface area (Å²) in [4.78, 5) is 22.1. The SMILES string of the molecule is CCc1ccc(Nc2cc(C)ncn2)cc1NC(=O)/C(=C/c1ccc(OC(C)C)cc1)c1ccccc1. The molecule has 37 heavy (non-hydrogen) atoms. The summed E-state index contributed by atoms with van der Waals surface area (Å²) >= 11 is 0. The van der Waals surface area contributed by atoms with Crippen molar-refractivity contribution in [2.45, 2.75) is 40.2 Å².